The van der Waals surface area contributed by atoms with Crippen molar-refractivity contribution in [3.8, 4) is 17.6 Å². The Morgan fingerprint density at radius 1 is 0.755 bits per heavy atom. The lowest BCUT2D eigenvalue weighted by atomic mass is 9.73. The van der Waals surface area contributed by atoms with E-state index in [-0.39, 0.29) is 6.04 Å². The van der Waals surface area contributed by atoms with Crippen LogP contribution in [-0.4, -0.2) is 49.5 Å². The Morgan fingerprint density at radius 3 is 1.78 bits per heavy atom. The van der Waals surface area contributed by atoms with E-state index in [2.05, 4.69) is 47.5 Å². The van der Waals surface area contributed by atoms with Gasteiger partial charge >= 0.3 is 11.9 Å². The molecule has 2 unspecified atom stereocenters. The van der Waals surface area contributed by atoms with Crippen LogP contribution < -0.4 is 9.47 Å². The molecule has 0 saturated carbocycles. The Kier molecular flexibility index (Phi) is 23.7. The number of hydrogen-bond donors (Lipinski definition) is 2. The molecule has 2 aromatic carbocycles. The minimum atomic E-state index is -1.82. The number of benzene rings is 2. The topological polar surface area (TPSA) is 142 Å². The Morgan fingerprint density at radius 2 is 1.27 bits per heavy atom. The number of nitriles is 1. The first-order chi connectivity index (χ1) is 23.7. The summed E-state index contributed by atoms with van der Waals surface area (Å²) in [5.74, 6) is -1.94. The molecule has 0 heterocycles. The summed E-state index contributed by atoms with van der Waals surface area (Å²) in [6.45, 7) is 2.28. The number of carboxylic acid groups (broad SMARTS) is 2. The van der Waals surface area contributed by atoms with Crippen LogP contribution in [0.25, 0.3) is 0 Å². The molecule has 9 nitrogen and oxygen atoms in total. The van der Waals surface area contributed by atoms with Crippen LogP contribution in [0.5, 0.6) is 11.5 Å². The third-order valence-corrected chi connectivity index (χ3v) is 9.05. The maximum atomic E-state index is 10.6. The molecule has 0 amide bonds. The zero-order valence-electron chi connectivity index (χ0n) is 30.5. The van der Waals surface area contributed by atoms with Crippen molar-refractivity contribution in [2.75, 3.05) is 21.3 Å². The minimum Gasteiger partial charge on any atom is -0.497 e. The molecule has 0 fully saturated rings. The molecule has 2 aromatic rings. The summed E-state index contributed by atoms with van der Waals surface area (Å²) in [5.41, 5.74) is 1.83. The fraction of sp³-hybridized carbons (Fsp3) is 0.625. The van der Waals surface area contributed by atoms with E-state index in [9.17, 15) is 5.26 Å². The number of rotatable bonds is 25. The van der Waals surface area contributed by atoms with Gasteiger partial charge in [0.25, 0.3) is 0 Å². The second-order valence-corrected chi connectivity index (χ2v) is 12.8. The zero-order valence-corrected chi connectivity index (χ0v) is 30.5. The van der Waals surface area contributed by atoms with Crippen molar-refractivity contribution < 1.29 is 29.3 Å². The van der Waals surface area contributed by atoms with E-state index in [4.69, 9.17) is 29.3 Å². The SMILES string of the molecule is CCCCCCCCCCCCCCCC(C#N)(CCCC(CCc1cccc(OC)c1)N=NC)c1cccc(OC)c1.O=C(O)C(=O)O. The fourth-order valence-corrected chi connectivity index (χ4v) is 6.18. The molecule has 0 saturated heterocycles. The molecule has 9 heteroatoms. The van der Waals surface area contributed by atoms with Gasteiger partial charge < -0.3 is 19.7 Å². The highest BCUT2D eigenvalue weighted by atomic mass is 16.5. The van der Waals surface area contributed by atoms with Crippen molar-refractivity contribution in [1.29, 1.82) is 5.26 Å². The average Bonchev–Trinajstić information content (AvgIpc) is 3.12. The van der Waals surface area contributed by atoms with Crippen LogP contribution in [0.4, 0.5) is 0 Å². The summed E-state index contributed by atoms with van der Waals surface area (Å²) in [4.78, 5) is 18.2. The monoisotopic (exact) mass is 679 g/mol. The van der Waals surface area contributed by atoms with Crippen LogP contribution in [0.2, 0.25) is 0 Å². The van der Waals surface area contributed by atoms with Gasteiger partial charge in [0.15, 0.2) is 0 Å². The lowest BCUT2D eigenvalue weighted by Crippen LogP contribution is -2.25. The quantitative estimate of drug-likeness (QED) is 0.0604. The first kappa shape index (κ1) is 43.1. The molecule has 0 radical (unpaired) electrons. The molecule has 0 aliphatic carbocycles. The molecule has 2 N–H and O–H groups in total. The van der Waals surface area contributed by atoms with Crippen LogP contribution in [0.3, 0.4) is 0 Å². The van der Waals surface area contributed by atoms with Crippen molar-refractivity contribution in [3.63, 3.8) is 0 Å². The molecule has 2 atom stereocenters. The molecule has 0 aliphatic heterocycles. The number of azo groups is 1. The lowest BCUT2D eigenvalue weighted by molar-refractivity contribution is -0.159. The van der Waals surface area contributed by atoms with Crippen molar-refractivity contribution in [2.45, 2.75) is 140 Å². The van der Waals surface area contributed by atoms with Gasteiger partial charge in [-0.25, -0.2) is 9.59 Å². The number of methoxy groups -OCH3 is 2. The Balaban J connectivity index is 0.00000183. The molecule has 2 rings (SSSR count). The highest BCUT2D eigenvalue weighted by molar-refractivity contribution is 6.27. The van der Waals surface area contributed by atoms with Gasteiger partial charge in [0.1, 0.15) is 11.5 Å². The van der Waals surface area contributed by atoms with Gasteiger partial charge in [-0.3, -0.25) is 0 Å². The van der Waals surface area contributed by atoms with Gasteiger partial charge in [-0.1, -0.05) is 115 Å². The third kappa shape index (κ3) is 19.0. The molecule has 0 aromatic heterocycles. The van der Waals surface area contributed by atoms with Gasteiger partial charge in [-0.05, 0) is 73.9 Å². The number of hydrogen-bond acceptors (Lipinski definition) is 7. The van der Waals surface area contributed by atoms with Crippen LogP contribution >= 0.6 is 0 Å². The maximum absolute atomic E-state index is 10.6. The van der Waals surface area contributed by atoms with E-state index in [0.717, 1.165) is 62.0 Å². The molecular formula is C40H61N3O6. The van der Waals surface area contributed by atoms with Gasteiger partial charge in [-0.2, -0.15) is 15.5 Å². The van der Waals surface area contributed by atoms with E-state index in [1.807, 2.05) is 24.3 Å². The number of carbonyl (C=O) groups is 2. The predicted molar refractivity (Wildman–Crippen MR) is 196 cm³/mol. The third-order valence-electron chi connectivity index (χ3n) is 9.05. The number of aliphatic carboxylic acids is 2. The molecule has 0 spiro atoms. The molecule has 0 bridgehead atoms. The number of nitrogens with zero attached hydrogens (tertiary/aromatic N) is 3. The van der Waals surface area contributed by atoms with E-state index in [0.29, 0.717) is 0 Å². The summed E-state index contributed by atoms with van der Waals surface area (Å²) < 4.78 is 10.9. The molecule has 49 heavy (non-hydrogen) atoms. The molecule has 272 valence electrons. The average molecular weight is 680 g/mol. The first-order valence-corrected chi connectivity index (χ1v) is 18.2. The van der Waals surface area contributed by atoms with Crippen LogP contribution in [0.15, 0.2) is 58.8 Å². The van der Waals surface area contributed by atoms with Gasteiger partial charge in [0.2, 0.25) is 0 Å². The van der Waals surface area contributed by atoms with Gasteiger partial charge in [0.05, 0.1) is 31.7 Å². The number of carboxylic acids is 2. The molecule has 0 aliphatic rings. The predicted octanol–water partition coefficient (Wildman–Crippen LogP) is 10.4. The summed E-state index contributed by atoms with van der Waals surface area (Å²) in [7, 11) is 5.15. The Labute approximate surface area is 295 Å². The number of unbranched alkanes of at least 4 members (excludes halogenated alkanes) is 12. The summed E-state index contributed by atoms with van der Waals surface area (Å²) in [6, 6.07) is 19.3. The molecular weight excluding hydrogens is 618 g/mol. The van der Waals surface area contributed by atoms with Crippen LogP contribution in [-0.2, 0) is 21.4 Å². The second kappa shape index (κ2) is 27.0. The highest BCUT2D eigenvalue weighted by Crippen LogP contribution is 2.37. The van der Waals surface area contributed by atoms with Crippen molar-refractivity contribution in [3.05, 3.63) is 59.7 Å². The summed E-state index contributed by atoms with van der Waals surface area (Å²) in [6.07, 6.45) is 22.7. The van der Waals surface area contributed by atoms with E-state index in [1.54, 1.807) is 21.3 Å². The zero-order chi connectivity index (χ0) is 36.2. The van der Waals surface area contributed by atoms with E-state index < -0.39 is 17.4 Å². The minimum absolute atomic E-state index is 0.147. The fourth-order valence-electron chi connectivity index (χ4n) is 6.18. The number of aryl methyl sites for hydroxylation is 1. The van der Waals surface area contributed by atoms with Crippen LogP contribution in [0, 0.1) is 11.3 Å². The highest BCUT2D eigenvalue weighted by Gasteiger charge is 2.32. The van der Waals surface area contributed by atoms with Gasteiger partial charge in [0, 0.05) is 7.05 Å². The Bertz CT molecular complexity index is 1250. The smallest absolute Gasteiger partial charge is 0.414 e. The van der Waals surface area contributed by atoms with Crippen molar-refractivity contribution >= 4 is 11.9 Å². The van der Waals surface area contributed by atoms with Crippen LogP contribution in [0.1, 0.15) is 134 Å². The van der Waals surface area contributed by atoms with E-state index >= 15 is 0 Å². The van der Waals surface area contributed by atoms with Gasteiger partial charge in [-0.15, -0.1) is 0 Å². The van der Waals surface area contributed by atoms with E-state index in [1.165, 1.54) is 82.6 Å². The first-order valence-electron chi connectivity index (χ1n) is 18.2. The van der Waals surface area contributed by atoms with Crippen molar-refractivity contribution in [1.82, 2.24) is 0 Å². The summed E-state index contributed by atoms with van der Waals surface area (Å²) >= 11 is 0. The largest absolute Gasteiger partial charge is 0.497 e. The second-order valence-electron chi connectivity index (χ2n) is 12.8. The Hall–Kier alpha value is -3.93. The number of ether oxygens (including phenoxy) is 2. The summed E-state index contributed by atoms with van der Waals surface area (Å²) in [5, 5.41) is 34.1. The maximum Gasteiger partial charge on any atom is 0.414 e. The standard InChI is InChI=1S/C38H59N3O2.C2H2O4/c1-5-6-7-8-9-10-11-12-13-14-15-16-17-28-38(32-39,34-22-19-25-37(31-34)43-4)29-20-23-35(41-40-2)27-26-33-21-18-24-36(30-33)42-3;3-1(4)2(5)6/h18-19,21-22,24-25,30-31,35H,5-17,20,23,26-29H2,1-4H3;(H,3,4)(H,5,6). The van der Waals surface area contributed by atoms with Crippen molar-refractivity contribution in [2.24, 2.45) is 10.2 Å². The normalized spacial score (nSPS) is 12.7. The lowest BCUT2D eigenvalue weighted by Gasteiger charge is -2.28.